The van der Waals surface area contributed by atoms with Crippen LogP contribution in [0.15, 0.2) is 76.6 Å². The van der Waals surface area contributed by atoms with Crippen LogP contribution in [0.1, 0.15) is 55.0 Å². The summed E-state index contributed by atoms with van der Waals surface area (Å²) in [6.07, 6.45) is 6.51. The van der Waals surface area contributed by atoms with Gasteiger partial charge in [-0.3, -0.25) is 25.0 Å². The van der Waals surface area contributed by atoms with Crippen molar-refractivity contribution >= 4 is 28.5 Å². The normalized spacial score (nSPS) is 14.1. The Labute approximate surface area is 222 Å². The lowest BCUT2D eigenvalue weighted by Gasteiger charge is -2.22. The molecule has 0 radical (unpaired) electrons. The van der Waals surface area contributed by atoms with E-state index in [9.17, 15) is 25.0 Å². The summed E-state index contributed by atoms with van der Waals surface area (Å²) in [5.41, 5.74) is 0.852. The number of nitrogens with zero attached hydrogens (tertiary/aromatic N) is 5. The Morgan fingerprint density at radius 2 is 1.77 bits per heavy atom. The number of fused-ring (bicyclic) bond motifs is 1. The molecule has 1 aliphatic rings. The van der Waals surface area contributed by atoms with Gasteiger partial charge in [0.1, 0.15) is 12.4 Å². The molecule has 0 N–H and O–H groups in total. The molecule has 1 aromatic heterocycles. The van der Waals surface area contributed by atoms with E-state index in [1.54, 1.807) is 24.3 Å². The summed E-state index contributed by atoms with van der Waals surface area (Å²) in [4.78, 5) is 39.9. The molecule has 1 saturated carbocycles. The number of nitro groups is 2. The number of ether oxygens (including phenoxy) is 1. The van der Waals surface area contributed by atoms with Crippen molar-refractivity contribution in [2.75, 3.05) is 0 Å². The summed E-state index contributed by atoms with van der Waals surface area (Å²) in [6.45, 7) is -0.0845. The van der Waals surface area contributed by atoms with Crippen LogP contribution in [0.4, 0.5) is 11.4 Å². The fourth-order valence-corrected chi connectivity index (χ4v) is 4.80. The van der Waals surface area contributed by atoms with Crippen molar-refractivity contribution in [3.63, 3.8) is 0 Å². The molecular formula is C28H25N5O6. The highest BCUT2D eigenvalue weighted by Crippen LogP contribution is 2.32. The van der Waals surface area contributed by atoms with Crippen LogP contribution in [0, 0.1) is 20.2 Å². The second kappa shape index (κ2) is 11.2. The zero-order valence-electron chi connectivity index (χ0n) is 20.9. The minimum absolute atomic E-state index is 0.0103. The van der Waals surface area contributed by atoms with E-state index in [1.165, 1.54) is 41.2 Å². The summed E-state index contributed by atoms with van der Waals surface area (Å²) in [5, 5.41) is 27.7. The van der Waals surface area contributed by atoms with Crippen molar-refractivity contribution in [1.29, 1.82) is 0 Å². The van der Waals surface area contributed by atoms with E-state index in [0.29, 0.717) is 27.9 Å². The standard InChI is InChI=1S/C28H25N5O6/c34-28-23-11-4-5-12-24(23)30-27(21-8-2-1-3-9-21)31(28)29-17-19-13-14-26(25(16-19)33(37)38)39-18-20-7-6-10-22(15-20)32(35)36/h4-7,10-17,21H,1-3,8-9,18H2. The van der Waals surface area contributed by atoms with Crippen LogP contribution in [0.2, 0.25) is 0 Å². The first kappa shape index (κ1) is 25.7. The van der Waals surface area contributed by atoms with Gasteiger partial charge >= 0.3 is 5.69 Å². The van der Waals surface area contributed by atoms with Crippen molar-refractivity contribution in [2.45, 2.75) is 44.6 Å². The van der Waals surface area contributed by atoms with Gasteiger partial charge in [0.2, 0.25) is 0 Å². The lowest BCUT2D eigenvalue weighted by molar-refractivity contribution is -0.386. The molecule has 0 spiro atoms. The lowest BCUT2D eigenvalue weighted by Crippen LogP contribution is -2.25. The van der Waals surface area contributed by atoms with Gasteiger partial charge in [-0.25, -0.2) is 4.98 Å². The van der Waals surface area contributed by atoms with Gasteiger partial charge in [-0.1, -0.05) is 43.5 Å². The van der Waals surface area contributed by atoms with Gasteiger partial charge in [-0.2, -0.15) is 9.78 Å². The van der Waals surface area contributed by atoms with Gasteiger partial charge in [0.05, 0.1) is 27.0 Å². The minimum atomic E-state index is -0.572. The summed E-state index contributed by atoms with van der Waals surface area (Å²) in [5.74, 6) is 0.712. The molecule has 1 heterocycles. The number of benzene rings is 3. The number of nitro benzene ring substituents is 2. The van der Waals surface area contributed by atoms with Crippen LogP contribution in [0.25, 0.3) is 10.9 Å². The number of hydrogen-bond acceptors (Lipinski definition) is 8. The Morgan fingerprint density at radius 1 is 0.974 bits per heavy atom. The Morgan fingerprint density at radius 3 is 2.54 bits per heavy atom. The summed E-state index contributed by atoms with van der Waals surface area (Å²) in [6, 6.07) is 17.4. The largest absolute Gasteiger partial charge is 0.482 e. The predicted molar refractivity (Wildman–Crippen MR) is 145 cm³/mol. The first-order chi connectivity index (χ1) is 18.9. The van der Waals surface area contributed by atoms with Crippen LogP contribution < -0.4 is 10.3 Å². The summed E-state index contributed by atoms with van der Waals surface area (Å²) < 4.78 is 6.95. The average Bonchev–Trinajstić information content (AvgIpc) is 2.96. The van der Waals surface area contributed by atoms with Crippen LogP contribution in [-0.4, -0.2) is 25.7 Å². The third-order valence-corrected chi connectivity index (χ3v) is 6.77. The maximum absolute atomic E-state index is 13.4. The first-order valence-electron chi connectivity index (χ1n) is 12.6. The number of non-ortho nitro benzene ring substituents is 1. The molecule has 39 heavy (non-hydrogen) atoms. The molecule has 0 unspecified atom stereocenters. The number of hydrogen-bond donors (Lipinski definition) is 0. The second-order valence-corrected chi connectivity index (χ2v) is 9.38. The van der Waals surface area contributed by atoms with E-state index in [-0.39, 0.29) is 35.2 Å². The van der Waals surface area contributed by atoms with E-state index >= 15 is 0 Å². The van der Waals surface area contributed by atoms with Gasteiger partial charge < -0.3 is 4.74 Å². The van der Waals surface area contributed by atoms with E-state index in [4.69, 9.17) is 9.72 Å². The topological polar surface area (TPSA) is 143 Å². The van der Waals surface area contributed by atoms with E-state index in [0.717, 1.165) is 32.1 Å². The Balaban J connectivity index is 1.45. The Kier molecular flexibility index (Phi) is 7.39. The number of rotatable bonds is 8. The SMILES string of the molecule is O=c1c2ccccc2nc(C2CCCCC2)n1N=Cc1ccc(OCc2cccc([N+](=O)[O-])c2)c([N+](=O)[O-])c1. The zero-order valence-corrected chi connectivity index (χ0v) is 20.9. The van der Waals surface area contributed by atoms with Crippen molar-refractivity contribution in [3.8, 4) is 5.75 Å². The molecule has 11 nitrogen and oxygen atoms in total. The molecule has 4 aromatic rings. The fraction of sp³-hybridized carbons (Fsp3) is 0.250. The number of para-hydroxylation sites is 1. The van der Waals surface area contributed by atoms with Gasteiger partial charge in [-0.05, 0) is 42.7 Å². The van der Waals surface area contributed by atoms with Crippen LogP contribution >= 0.6 is 0 Å². The van der Waals surface area contributed by atoms with Gasteiger partial charge in [0.15, 0.2) is 5.75 Å². The maximum atomic E-state index is 13.4. The fourth-order valence-electron chi connectivity index (χ4n) is 4.80. The summed E-state index contributed by atoms with van der Waals surface area (Å²) in [7, 11) is 0. The van der Waals surface area contributed by atoms with E-state index < -0.39 is 9.85 Å². The molecule has 3 aromatic carbocycles. The molecule has 1 fully saturated rings. The predicted octanol–water partition coefficient (Wildman–Crippen LogP) is 5.72. The minimum Gasteiger partial charge on any atom is -0.482 e. The quantitative estimate of drug-likeness (QED) is 0.162. The zero-order chi connectivity index (χ0) is 27.4. The second-order valence-electron chi connectivity index (χ2n) is 9.38. The van der Waals surface area contributed by atoms with Crippen LogP contribution in [0.3, 0.4) is 0 Å². The van der Waals surface area contributed by atoms with E-state index in [1.807, 2.05) is 12.1 Å². The molecule has 1 aliphatic carbocycles. The highest BCUT2D eigenvalue weighted by molar-refractivity contribution is 5.82. The number of aromatic nitrogens is 2. The third kappa shape index (κ3) is 5.66. The molecule has 5 rings (SSSR count). The molecule has 0 amide bonds. The monoisotopic (exact) mass is 527 g/mol. The van der Waals surface area contributed by atoms with Gasteiger partial charge in [0.25, 0.3) is 11.2 Å². The highest BCUT2D eigenvalue weighted by Gasteiger charge is 2.22. The molecular weight excluding hydrogens is 502 g/mol. The molecule has 0 bridgehead atoms. The third-order valence-electron chi connectivity index (χ3n) is 6.77. The Bertz CT molecular complexity index is 1640. The van der Waals surface area contributed by atoms with Crippen LogP contribution in [-0.2, 0) is 6.61 Å². The summed E-state index contributed by atoms with van der Waals surface area (Å²) >= 11 is 0. The maximum Gasteiger partial charge on any atom is 0.311 e. The van der Waals surface area contributed by atoms with Crippen molar-refractivity contribution in [2.24, 2.45) is 5.10 Å². The molecule has 0 saturated heterocycles. The van der Waals surface area contributed by atoms with E-state index in [2.05, 4.69) is 5.10 Å². The molecule has 0 aliphatic heterocycles. The molecule has 11 heteroatoms. The average molecular weight is 528 g/mol. The van der Waals surface area contributed by atoms with Crippen molar-refractivity contribution < 1.29 is 14.6 Å². The smallest absolute Gasteiger partial charge is 0.311 e. The van der Waals surface area contributed by atoms with Gasteiger partial charge in [-0.15, -0.1) is 0 Å². The van der Waals surface area contributed by atoms with Crippen molar-refractivity contribution in [1.82, 2.24) is 9.66 Å². The van der Waals surface area contributed by atoms with Crippen molar-refractivity contribution in [3.05, 3.63) is 114 Å². The first-order valence-corrected chi connectivity index (χ1v) is 12.6. The highest BCUT2D eigenvalue weighted by atomic mass is 16.6. The van der Waals surface area contributed by atoms with Crippen LogP contribution in [0.5, 0.6) is 5.75 Å². The lowest BCUT2D eigenvalue weighted by atomic mass is 9.88. The van der Waals surface area contributed by atoms with Gasteiger partial charge in [0, 0.05) is 29.7 Å². The molecule has 0 atom stereocenters. The molecule has 198 valence electrons. The Hall–Kier alpha value is -4.93.